The maximum atomic E-state index is 3.91. The largest absolute Gasteiger partial charge is 0.0622 e. The Hall–Kier alpha value is -0.780. The van der Waals surface area contributed by atoms with Gasteiger partial charge in [0.15, 0.2) is 0 Å². The zero-order chi connectivity index (χ0) is 8.81. The summed E-state index contributed by atoms with van der Waals surface area (Å²) in [6.07, 6.45) is 3.09. The first-order valence-electron chi connectivity index (χ1n) is 4.49. The molecule has 0 nitrogen and oxygen atoms in total. The van der Waals surface area contributed by atoms with Crippen LogP contribution in [0.1, 0.15) is 18.4 Å². The van der Waals surface area contributed by atoms with Crippen LogP contribution in [0.15, 0.2) is 30.3 Å². The van der Waals surface area contributed by atoms with Gasteiger partial charge in [0.2, 0.25) is 0 Å². The Kier molecular flexibility index (Phi) is 3.86. The minimum atomic E-state index is 0.646. The number of rotatable bonds is 4. The van der Waals surface area contributed by atoms with Crippen LogP contribution in [0, 0.1) is 19.8 Å². The Morgan fingerprint density at radius 1 is 1.00 bits per heavy atom. The third kappa shape index (κ3) is 2.69. The fourth-order valence-corrected chi connectivity index (χ4v) is 1.30. The highest BCUT2D eigenvalue weighted by molar-refractivity contribution is 5.15. The average molecular weight is 160 g/mol. The van der Waals surface area contributed by atoms with Crippen LogP contribution in [-0.4, -0.2) is 0 Å². The zero-order valence-electron chi connectivity index (χ0n) is 7.50. The smallest absolute Gasteiger partial charge is 0.0250 e. The molecule has 0 unspecified atom stereocenters. The molecule has 1 aromatic carbocycles. The van der Waals surface area contributed by atoms with Crippen molar-refractivity contribution in [2.24, 2.45) is 5.92 Å². The third-order valence-electron chi connectivity index (χ3n) is 2.18. The van der Waals surface area contributed by atoms with Gasteiger partial charge in [-0.1, -0.05) is 57.0 Å². The van der Waals surface area contributed by atoms with E-state index in [1.165, 1.54) is 5.56 Å². The summed E-state index contributed by atoms with van der Waals surface area (Å²) in [4.78, 5) is 0. The monoisotopic (exact) mass is 160 g/mol. The van der Waals surface area contributed by atoms with Crippen molar-refractivity contribution >= 4 is 0 Å². The molecule has 1 rings (SSSR count). The van der Waals surface area contributed by atoms with Gasteiger partial charge in [-0.15, -0.1) is 0 Å². The molecule has 0 saturated heterocycles. The van der Waals surface area contributed by atoms with E-state index in [1.54, 1.807) is 0 Å². The highest BCUT2D eigenvalue weighted by Crippen LogP contribution is 2.14. The molecule has 0 aliphatic heterocycles. The SMILES string of the molecule is [CH2]CC(C[CH2])Cc1ccccc1. The van der Waals surface area contributed by atoms with Gasteiger partial charge >= 0.3 is 0 Å². The first-order valence-corrected chi connectivity index (χ1v) is 4.49. The molecule has 0 amide bonds. The summed E-state index contributed by atoms with van der Waals surface area (Å²) in [7, 11) is 0. The predicted molar refractivity (Wildman–Crippen MR) is 53.6 cm³/mol. The van der Waals surface area contributed by atoms with Crippen LogP contribution in [0.2, 0.25) is 0 Å². The first kappa shape index (κ1) is 9.31. The van der Waals surface area contributed by atoms with E-state index in [1.807, 2.05) is 6.07 Å². The molecule has 0 bridgehead atoms. The Balaban J connectivity index is 2.51. The second-order valence-corrected chi connectivity index (χ2v) is 3.13. The van der Waals surface area contributed by atoms with E-state index >= 15 is 0 Å². The van der Waals surface area contributed by atoms with E-state index in [2.05, 4.69) is 38.1 Å². The van der Waals surface area contributed by atoms with Gasteiger partial charge in [0.05, 0.1) is 0 Å². The molecule has 12 heavy (non-hydrogen) atoms. The lowest BCUT2D eigenvalue weighted by Crippen LogP contribution is -2.01. The van der Waals surface area contributed by atoms with E-state index in [9.17, 15) is 0 Å². The summed E-state index contributed by atoms with van der Waals surface area (Å²) in [6.45, 7) is 7.83. The van der Waals surface area contributed by atoms with Crippen LogP contribution in [-0.2, 0) is 6.42 Å². The quantitative estimate of drug-likeness (QED) is 0.634. The van der Waals surface area contributed by atoms with Crippen molar-refractivity contribution in [1.82, 2.24) is 0 Å². The molecular formula is C12H16. The highest BCUT2D eigenvalue weighted by atomic mass is 14.1. The highest BCUT2D eigenvalue weighted by Gasteiger charge is 2.03. The average Bonchev–Trinajstić information content (AvgIpc) is 2.16. The summed E-state index contributed by atoms with van der Waals surface area (Å²) in [5.41, 5.74) is 1.40. The number of hydrogen-bond donors (Lipinski definition) is 0. The lowest BCUT2D eigenvalue weighted by molar-refractivity contribution is 0.536. The topological polar surface area (TPSA) is 0 Å². The van der Waals surface area contributed by atoms with E-state index in [0.29, 0.717) is 5.92 Å². The van der Waals surface area contributed by atoms with E-state index in [-0.39, 0.29) is 0 Å². The summed E-state index contributed by atoms with van der Waals surface area (Å²) in [6, 6.07) is 10.5. The van der Waals surface area contributed by atoms with Crippen LogP contribution < -0.4 is 0 Å². The standard InChI is InChI=1S/C12H16/c1-3-11(4-2)10-12-8-6-5-7-9-12/h5-9,11H,1-4,10H2. The fraction of sp³-hybridized carbons (Fsp3) is 0.333. The lowest BCUT2D eigenvalue weighted by atomic mass is 9.95. The van der Waals surface area contributed by atoms with Crippen molar-refractivity contribution in [2.75, 3.05) is 0 Å². The molecule has 0 atom stereocenters. The molecule has 0 aliphatic carbocycles. The molecular weight excluding hydrogens is 144 g/mol. The van der Waals surface area contributed by atoms with Crippen LogP contribution >= 0.6 is 0 Å². The van der Waals surface area contributed by atoms with Gasteiger partial charge in [0.1, 0.15) is 0 Å². The third-order valence-corrected chi connectivity index (χ3v) is 2.18. The van der Waals surface area contributed by atoms with Crippen molar-refractivity contribution in [1.29, 1.82) is 0 Å². The van der Waals surface area contributed by atoms with Crippen LogP contribution in [0.25, 0.3) is 0 Å². The zero-order valence-corrected chi connectivity index (χ0v) is 7.50. The minimum Gasteiger partial charge on any atom is -0.0622 e. The molecule has 0 fully saturated rings. The molecule has 64 valence electrons. The Bertz CT molecular complexity index is 197. The lowest BCUT2D eigenvalue weighted by Gasteiger charge is -2.11. The summed E-state index contributed by atoms with van der Waals surface area (Å²) in [5.74, 6) is 0.646. The Morgan fingerprint density at radius 2 is 1.58 bits per heavy atom. The maximum Gasteiger partial charge on any atom is -0.0250 e. The molecule has 0 aromatic heterocycles. The predicted octanol–water partition coefficient (Wildman–Crippen LogP) is 3.29. The molecule has 0 saturated carbocycles. The number of benzene rings is 1. The molecule has 1 aromatic rings. The van der Waals surface area contributed by atoms with Crippen molar-refractivity contribution in [3.05, 3.63) is 49.7 Å². The van der Waals surface area contributed by atoms with Gasteiger partial charge < -0.3 is 0 Å². The van der Waals surface area contributed by atoms with Gasteiger partial charge in [0, 0.05) is 0 Å². The van der Waals surface area contributed by atoms with Crippen molar-refractivity contribution in [3.63, 3.8) is 0 Å². The van der Waals surface area contributed by atoms with Crippen LogP contribution in [0.5, 0.6) is 0 Å². The molecule has 0 N–H and O–H groups in total. The second-order valence-electron chi connectivity index (χ2n) is 3.13. The minimum absolute atomic E-state index is 0.646. The molecule has 0 heterocycles. The van der Waals surface area contributed by atoms with Gasteiger partial charge in [-0.2, -0.15) is 0 Å². The second kappa shape index (κ2) is 4.97. The van der Waals surface area contributed by atoms with Gasteiger partial charge in [-0.25, -0.2) is 0 Å². The Morgan fingerprint density at radius 3 is 2.08 bits per heavy atom. The number of hydrogen-bond acceptors (Lipinski definition) is 0. The van der Waals surface area contributed by atoms with Gasteiger partial charge in [-0.05, 0) is 17.9 Å². The first-order chi connectivity index (χ1) is 5.86. The van der Waals surface area contributed by atoms with Crippen LogP contribution in [0.4, 0.5) is 0 Å². The molecule has 2 radical (unpaired) electrons. The maximum absolute atomic E-state index is 3.91. The van der Waals surface area contributed by atoms with Crippen LogP contribution in [0.3, 0.4) is 0 Å². The van der Waals surface area contributed by atoms with E-state index < -0.39 is 0 Å². The normalized spacial score (nSPS) is 10.6. The summed E-state index contributed by atoms with van der Waals surface area (Å²) >= 11 is 0. The van der Waals surface area contributed by atoms with Gasteiger partial charge in [-0.3, -0.25) is 0 Å². The fourth-order valence-electron chi connectivity index (χ4n) is 1.30. The van der Waals surface area contributed by atoms with Crippen molar-refractivity contribution in [2.45, 2.75) is 19.3 Å². The summed E-state index contributed by atoms with van der Waals surface area (Å²) in [5, 5.41) is 0. The van der Waals surface area contributed by atoms with E-state index in [0.717, 1.165) is 19.3 Å². The summed E-state index contributed by atoms with van der Waals surface area (Å²) < 4.78 is 0. The van der Waals surface area contributed by atoms with Crippen molar-refractivity contribution in [3.8, 4) is 0 Å². The Labute approximate surface area is 75.6 Å². The van der Waals surface area contributed by atoms with Gasteiger partial charge in [0.25, 0.3) is 0 Å². The molecule has 0 aliphatic rings. The van der Waals surface area contributed by atoms with E-state index in [4.69, 9.17) is 0 Å². The van der Waals surface area contributed by atoms with Crippen molar-refractivity contribution < 1.29 is 0 Å². The molecule has 0 heteroatoms. The molecule has 0 spiro atoms.